The van der Waals surface area contributed by atoms with Crippen LogP contribution in [0.4, 0.5) is 0 Å². The van der Waals surface area contributed by atoms with Gasteiger partial charge in [0.05, 0.1) is 13.2 Å². The highest BCUT2D eigenvalue weighted by atomic mass is 35.5. The van der Waals surface area contributed by atoms with Gasteiger partial charge in [-0.25, -0.2) is 4.79 Å². The van der Waals surface area contributed by atoms with Gasteiger partial charge in [0.25, 0.3) is 0 Å². The Hall–Kier alpha value is -1.59. The third-order valence-corrected chi connectivity index (χ3v) is 3.67. The van der Waals surface area contributed by atoms with Crippen molar-refractivity contribution >= 4 is 23.5 Å². The molecule has 6 heteroatoms. The summed E-state index contributed by atoms with van der Waals surface area (Å²) in [7, 11) is 0. The van der Waals surface area contributed by atoms with E-state index < -0.39 is 12.0 Å². The number of amides is 1. The van der Waals surface area contributed by atoms with Crippen molar-refractivity contribution < 1.29 is 19.4 Å². The van der Waals surface area contributed by atoms with Crippen LogP contribution in [0.25, 0.3) is 0 Å². The molecular formula is C14H16ClNO4. The summed E-state index contributed by atoms with van der Waals surface area (Å²) in [5.74, 6) is -1.21. The average Bonchev–Trinajstić information content (AvgIpc) is 2.46. The van der Waals surface area contributed by atoms with Crippen LogP contribution >= 0.6 is 11.6 Å². The van der Waals surface area contributed by atoms with Gasteiger partial charge in [0.15, 0.2) is 6.04 Å². The largest absolute Gasteiger partial charge is 0.480 e. The Morgan fingerprint density at radius 1 is 1.40 bits per heavy atom. The number of halogens is 1. The smallest absolute Gasteiger partial charge is 0.328 e. The molecule has 5 nitrogen and oxygen atoms in total. The third kappa shape index (κ3) is 3.49. The molecule has 0 aromatic heterocycles. The molecule has 1 amide bonds. The number of carbonyl (C=O) groups is 2. The van der Waals surface area contributed by atoms with Gasteiger partial charge in [0.2, 0.25) is 5.91 Å². The number of rotatable bonds is 4. The van der Waals surface area contributed by atoms with Crippen molar-refractivity contribution in [1.29, 1.82) is 0 Å². The van der Waals surface area contributed by atoms with Gasteiger partial charge in [-0.15, -0.1) is 0 Å². The fourth-order valence-electron chi connectivity index (χ4n) is 2.19. The summed E-state index contributed by atoms with van der Waals surface area (Å²) >= 11 is 6.03. The van der Waals surface area contributed by atoms with E-state index in [1.54, 1.807) is 6.07 Å². The van der Waals surface area contributed by atoms with Crippen molar-refractivity contribution in [2.45, 2.75) is 18.9 Å². The number of carbonyl (C=O) groups excluding carboxylic acids is 1. The average molecular weight is 298 g/mol. The Bertz CT molecular complexity index is 506. The molecule has 1 aromatic rings. The number of morpholine rings is 1. The third-order valence-electron chi connectivity index (χ3n) is 3.30. The van der Waals surface area contributed by atoms with Crippen molar-refractivity contribution in [3.63, 3.8) is 0 Å². The lowest BCUT2D eigenvalue weighted by atomic mass is 10.1. The SMILES string of the molecule is O=C(O)[C@@H]1COCCN1C(=O)CCc1ccccc1Cl. The fourth-order valence-corrected chi connectivity index (χ4v) is 2.42. The Balaban J connectivity index is 1.97. The van der Waals surface area contributed by atoms with E-state index in [1.165, 1.54) is 4.90 Å². The van der Waals surface area contributed by atoms with Gasteiger partial charge >= 0.3 is 5.97 Å². The van der Waals surface area contributed by atoms with E-state index in [4.69, 9.17) is 21.4 Å². The number of nitrogens with zero attached hydrogens (tertiary/aromatic N) is 1. The number of benzene rings is 1. The molecule has 0 bridgehead atoms. The van der Waals surface area contributed by atoms with E-state index in [2.05, 4.69) is 0 Å². The summed E-state index contributed by atoms with van der Waals surface area (Å²) in [6, 6.07) is 6.44. The molecule has 0 aliphatic carbocycles. The second-order valence-corrected chi connectivity index (χ2v) is 5.01. The number of carboxylic acid groups (broad SMARTS) is 1. The van der Waals surface area contributed by atoms with Gasteiger partial charge in [0.1, 0.15) is 0 Å². The molecule has 1 atom stereocenters. The number of carboxylic acids is 1. The summed E-state index contributed by atoms with van der Waals surface area (Å²) in [6.45, 7) is 0.743. The van der Waals surface area contributed by atoms with Crippen LogP contribution < -0.4 is 0 Å². The Labute approximate surface area is 122 Å². The normalized spacial score (nSPS) is 18.9. The molecule has 0 unspecified atom stereocenters. The van der Waals surface area contributed by atoms with E-state index in [0.717, 1.165) is 5.56 Å². The van der Waals surface area contributed by atoms with Crippen molar-refractivity contribution in [1.82, 2.24) is 4.90 Å². The minimum absolute atomic E-state index is 0.0488. The van der Waals surface area contributed by atoms with Crippen molar-refractivity contribution in [3.05, 3.63) is 34.9 Å². The van der Waals surface area contributed by atoms with Crippen LogP contribution in [0.15, 0.2) is 24.3 Å². The van der Waals surface area contributed by atoms with E-state index in [-0.39, 0.29) is 18.9 Å². The van der Waals surface area contributed by atoms with E-state index in [0.29, 0.717) is 24.6 Å². The van der Waals surface area contributed by atoms with Gasteiger partial charge in [-0.3, -0.25) is 4.79 Å². The summed E-state index contributed by atoms with van der Waals surface area (Å²) in [5, 5.41) is 9.71. The molecule has 1 heterocycles. The molecule has 1 saturated heterocycles. The maximum atomic E-state index is 12.2. The minimum Gasteiger partial charge on any atom is -0.480 e. The van der Waals surface area contributed by atoms with Gasteiger partial charge in [-0.2, -0.15) is 0 Å². The van der Waals surface area contributed by atoms with Crippen LogP contribution in [0.1, 0.15) is 12.0 Å². The highest BCUT2D eigenvalue weighted by Crippen LogP contribution is 2.18. The molecule has 0 saturated carbocycles. The van der Waals surface area contributed by atoms with Crippen molar-refractivity contribution in [3.8, 4) is 0 Å². The topological polar surface area (TPSA) is 66.8 Å². The fraction of sp³-hybridized carbons (Fsp3) is 0.429. The summed E-state index contributed by atoms with van der Waals surface area (Å²) in [6.07, 6.45) is 0.746. The summed E-state index contributed by atoms with van der Waals surface area (Å²) in [5.41, 5.74) is 0.891. The van der Waals surface area contributed by atoms with Gasteiger partial charge in [-0.05, 0) is 18.1 Å². The lowest BCUT2D eigenvalue weighted by molar-refractivity contribution is -0.158. The Morgan fingerprint density at radius 2 is 2.15 bits per heavy atom. The molecule has 2 rings (SSSR count). The standard InChI is InChI=1S/C14H16ClNO4/c15-11-4-2-1-3-10(11)5-6-13(17)16-7-8-20-9-12(16)14(18)19/h1-4,12H,5-9H2,(H,18,19)/t12-/m0/s1. The maximum absolute atomic E-state index is 12.2. The minimum atomic E-state index is -1.03. The quantitative estimate of drug-likeness (QED) is 0.916. The zero-order valence-electron chi connectivity index (χ0n) is 10.9. The van der Waals surface area contributed by atoms with Crippen LogP contribution in [0, 0.1) is 0 Å². The highest BCUT2D eigenvalue weighted by molar-refractivity contribution is 6.31. The molecule has 1 aliphatic heterocycles. The number of aliphatic carboxylic acids is 1. The van der Waals surface area contributed by atoms with Crippen LogP contribution in [0.3, 0.4) is 0 Å². The van der Waals surface area contributed by atoms with Gasteiger partial charge in [0, 0.05) is 18.0 Å². The molecule has 1 aromatic carbocycles. The molecule has 20 heavy (non-hydrogen) atoms. The van der Waals surface area contributed by atoms with E-state index in [1.807, 2.05) is 18.2 Å². The first kappa shape index (κ1) is 14.8. The molecule has 108 valence electrons. The first-order chi connectivity index (χ1) is 9.59. The Morgan fingerprint density at radius 3 is 2.85 bits per heavy atom. The van der Waals surface area contributed by atoms with E-state index in [9.17, 15) is 9.59 Å². The number of hydrogen-bond donors (Lipinski definition) is 1. The second-order valence-electron chi connectivity index (χ2n) is 4.61. The molecule has 1 fully saturated rings. The zero-order chi connectivity index (χ0) is 14.5. The monoisotopic (exact) mass is 297 g/mol. The lowest BCUT2D eigenvalue weighted by Crippen LogP contribution is -2.52. The van der Waals surface area contributed by atoms with Crippen LogP contribution in [0.5, 0.6) is 0 Å². The second kappa shape index (κ2) is 6.72. The lowest BCUT2D eigenvalue weighted by Gasteiger charge is -2.32. The summed E-state index contributed by atoms with van der Waals surface area (Å²) in [4.78, 5) is 24.6. The molecule has 1 aliphatic rings. The molecule has 1 N–H and O–H groups in total. The maximum Gasteiger partial charge on any atom is 0.328 e. The molecule has 0 radical (unpaired) electrons. The first-order valence-corrected chi connectivity index (χ1v) is 6.81. The summed E-state index contributed by atoms with van der Waals surface area (Å²) < 4.78 is 5.11. The number of hydrogen-bond acceptors (Lipinski definition) is 3. The molecular weight excluding hydrogens is 282 g/mol. The number of aryl methyl sites for hydroxylation is 1. The predicted octanol–water partition coefficient (Wildman–Crippen LogP) is 1.58. The highest BCUT2D eigenvalue weighted by Gasteiger charge is 2.32. The molecule has 0 spiro atoms. The number of ether oxygens (including phenoxy) is 1. The van der Waals surface area contributed by atoms with Gasteiger partial charge < -0.3 is 14.7 Å². The van der Waals surface area contributed by atoms with Crippen molar-refractivity contribution in [2.75, 3.05) is 19.8 Å². The van der Waals surface area contributed by atoms with Crippen LogP contribution in [-0.4, -0.2) is 47.7 Å². The van der Waals surface area contributed by atoms with Crippen molar-refractivity contribution in [2.24, 2.45) is 0 Å². The Kier molecular flexibility index (Phi) is 4.98. The predicted molar refractivity (Wildman–Crippen MR) is 73.7 cm³/mol. The van der Waals surface area contributed by atoms with Crippen LogP contribution in [0.2, 0.25) is 5.02 Å². The first-order valence-electron chi connectivity index (χ1n) is 6.43. The van der Waals surface area contributed by atoms with Crippen LogP contribution in [-0.2, 0) is 20.7 Å². The zero-order valence-corrected chi connectivity index (χ0v) is 11.7. The van der Waals surface area contributed by atoms with E-state index >= 15 is 0 Å². The van der Waals surface area contributed by atoms with Gasteiger partial charge in [-0.1, -0.05) is 29.8 Å².